The van der Waals surface area contributed by atoms with Gasteiger partial charge < -0.3 is 27.1 Å². The molecule has 1 aromatic carbocycles. The van der Waals surface area contributed by atoms with Gasteiger partial charge in [-0.15, -0.1) is 0 Å². The van der Waals surface area contributed by atoms with E-state index in [1.54, 1.807) is 6.07 Å². The van der Waals surface area contributed by atoms with Gasteiger partial charge in [-0.1, -0.05) is 19.9 Å². The van der Waals surface area contributed by atoms with Gasteiger partial charge in [-0.2, -0.15) is 0 Å². The van der Waals surface area contributed by atoms with E-state index < -0.39 is 0 Å². The van der Waals surface area contributed by atoms with E-state index in [1.165, 1.54) is 6.07 Å². The van der Waals surface area contributed by atoms with Crippen LogP contribution >= 0.6 is 0 Å². The van der Waals surface area contributed by atoms with Crippen molar-refractivity contribution in [1.29, 1.82) is 0 Å². The maximum absolute atomic E-state index is 13.9. The zero-order chi connectivity index (χ0) is 14.3. The van der Waals surface area contributed by atoms with E-state index in [1.807, 2.05) is 6.07 Å². The summed E-state index contributed by atoms with van der Waals surface area (Å²) in [6, 6.07) is 4.95. The number of aromatic nitrogens is 1. The molecule has 0 atom stereocenters. The summed E-state index contributed by atoms with van der Waals surface area (Å²) in [6.45, 7) is 6.35. The molecule has 130 valence electrons. The minimum atomic E-state index is -0.282. The van der Waals surface area contributed by atoms with Gasteiger partial charge in [0.15, 0.2) is 0 Å². The minimum absolute atomic E-state index is 0. The third kappa shape index (κ3) is 3.69. The fourth-order valence-electron chi connectivity index (χ4n) is 2.82. The Hall–Kier alpha value is -1.96. The third-order valence-electron chi connectivity index (χ3n) is 3.99. The monoisotopic (exact) mass is 327 g/mol. The number of nitrogens with zero attached hydrogens (tertiary/aromatic N) is 2. The van der Waals surface area contributed by atoms with Crippen molar-refractivity contribution in [1.82, 2.24) is 4.98 Å². The molecule has 0 aliphatic carbocycles. The second kappa shape index (κ2) is 8.05. The molecule has 0 amide bonds. The Morgan fingerprint density at radius 2 is 1.96 bits per heavy atom. The molecule has 1 aliphatic rings. The molecule has 0 radical (unpaired) electrons. The topological polar surface area (TPSA) is 137 Å². The van der Waals surface area contributed by atoms with Gasteiger partial charge in [0.1, 0.15) is 11.6 Å². The first-order chi connectivity index (χ1) is 9.58. The van der Waals surface area contributed by atoms with Crippen LogP contribution in [-0.4, -0.2) is 34.5 Å². The number of rotatable bonds is 3. The predicted octanol–water partition coefficient (Wildman–Crippen LogP) is 0.891. The number of halogens is 1. The Labute approximate surface area is 135 Å². The molecular weight excluding hydrogens is 301 g/mol. The Morgan fingerprint density at radius 1 is 1.26 bits per heavy atom. The summed E-state index contributed by atoms with van der Waals surface area (Å²) in [5.74, 6) is 1.33. The van der Waals surface area contributed by atoms with Crippen molar-refractivity contribution in [2.75, 3.05) is 23.7 Å². The van der Waals surface area contributed by atoms with Crippen LogP contribution in [0.1, 0.15) is 25.8 Å². The zero-order valence-corrected chi connectivity index (χ0v) is 13.5. The van der Waals surface area contributed by atoms with Crippen LogP contribution in [0.3, 0.4) is 0 Å². The number of hydrogen-bond donors (Lipinski definition) is 1. The molecule has 0 fully saturated rings. The van der Waals surface area contributed by atoms with E-state index in [2.05, 4.69) is 23.7 Å². The average molecular weight is 327 g/mol. The summed E-state index contributed by atoms with van der Waals surface area (Å²) in [5, 5.41) is 0.469. The normalized spacial score (nSPS) is 12.4. The molecular formula is C16H26FN3O3. The van der Waals surface area contributed by atoms with Gasteiger partial charge in [0, 0.05) is 18.7 Å². The van der Waals surface area contributed by atoms with E-state index in [9.17, 15) is 4.39 Å². The standard InChI is InChI=1S/C16H20FN3.3H2O/c1-10(2)6-8-20-9-7-11-15(18)14-12(17)4-3-5-13(14)19-16(11)20;;;/h3-5,10H,6-9H2,1-2H3,(H2,18,19);3*1H2. The number of hydrogen-bond acceptors (Lipinski definition) is 3. The molecule has 2 heterocycles. The molecule has 1 aromatic heterocycles. The van der Waals surface area contributed by atoms with Crippen LogP contribution in [0.2, 0.25) is 0 Å². The highest BCUT2D eigenvalue weighted by molar-refractivity contribution is 5.95. The van der Waals surface area contributed by atoms with Crippen molar-refractivity contribution < 1.29 is 20.8 Å². The number of fused-ring (bicyclic) bond motifs is 2. The van der Waals surface area contributed by atoms with E-state index in [-0.39, 0.29) is 22.2 Å². The van der Waals surface area contributed by atoms with Crippen LogP contribution in [0.5, 0.6) is 0 Å². The van der Waals surface area contributed by atoms with Gasteiger partial charge in [0.05, 0.1) is 16.6 Å². The average Bonchev–Trinajstić information content (AvgIpc) is 2.80. The molecule has 2 aromatic rings. The third-order valence-corrected chi connectivity index (χ3v) is 3.99. The molecule has 0 spiro atoms. The molecule has 23 heavy (non-hydrogen) atoms. The van der Waals surface area contributed by atoms with Crippen molar-refractivity contribution in [2.45, 2.75) is 26.7 Å². The molecule has 0 saturated carbocycles. The fraction of sp³-hybridized carbons (Fsp3) is 0.438. The predicted molar refractivity (Wildman–Crippen MR) is 92.3 cm³/mol. The van der Waals surface area contributed by atoms with Crippen LogP contribution < -0.4 is 10.6 Å². The van der Waals surface area contributed by atoms with Crippen LogP contribution in [0, 0.1) is 11.7 Å². The summed E-state index contributed by atoms with van der Waals surface area (Å²) in [6.07, 6.45) is 1.98. The Balaban J connectivity index is 0.00000161. The summed E-state index contributed by atoms with van der Waals surface area (Å²) < 4.78 is 13.9. The Kier molecular flexibility index (Phi) is 7.36. The summed E-state index contributed by atoms with van der Waals surface area (Å²) in [7, 11) is 0. The molecule has 6 nitrogen and oxygen atoms in total. The first-order valence-electron chi connectivity index (χ1n) is 7.19. The number of pyridine rings is 1. The lowest BCUT2D eigenvalue weighted by molar-refractivity contribution is 0.577. The first-order valence-corrected chi connectivity index (χ1v) is 7.19. The van der Waals surface area contributed by atoms with E-state index in [4.69, 9.17) is 5.73 Å². The van der Waals surface area contributed by atoms with Crippen molar-refractivity contribution >= 4 is 22.4 Å². The minimum Gasteiger partial charge on any atom is -0.412 e. The highest BCUT2D eigenvalue weighted by Crippen LogP contribution is 2.36. The number of anilines is 2. The number of benzene rings is 1. The van der Waals surface area contributed by atoms with Gasteiger partial charge in [-0.25, -0.2) is 9.37 Å². The van der Waals surface area contributed by atoms with Crippen LogP contribution in [0.4, 0.5) is 15.9 Å². The quantitative estimate of drug-likeness (QED) is 0.896. The second-order valence-electron chi connectivity index (χ2n) is 5.88. The van der Waals surface area contributed by atoms with E-state index in [0.717, 1.165) is 37.3 Å². The van der Waals surface area contributed by atoms with Crippen molar-refractivity contribution in [3.05, 3.63) is 29.6 Å². The summed E-state index contributed by atoms with van der Waals surface area (Å²) in [5.41, 5.74) is 8.40. The van der Waals surface area contributed by atoms with Gasteiger partial charge in [0.25, 0.3) is 0 Å². The van der Waals surface area contributed by atoms with Gasteiger partial charge in [0.2, 0.25) is 0 Å². The SMILES string of the molecule is CC(C)CCN1CCc2c1nc1cccc(F)c1c2N.O.O.O. The highest BCUT2D eigenvalue weighted by atomic mass is 19.1. The maximum Gasteiger partial charge on any atom is 0.134 e. The van der Waals surface area contributed by atoms with Gasteiger partial charge in [-0.3, -0.25) is 0 Å². The molecule has 8 N–H and O–H groups in total. The Bertz CT molecular complexity index is 665. The lowest BCUT2D eigenvalue weighted by Gasteiger charge is -2.20. The highest BCUT2D eigenvalue weighted by Gasteiger charge is 2.25. The van der Waals surface area contributed by atoms with Crippen molar-refractivity contribution in [3.63, 3.8) is 0 Å². The van der Waals surface area contributed by atoms with Crippen LogP contribution in [-0.2, 0) is 6.42 Å². The summed E-state index contributed by atoms with van der Waals surface area (Å²) in [4.78, 5) is 6.92. The Morgan fingerprint density at radius 3 is 2.61 bits per heavy atom. The number of nitrogen functional groups attached to an aromatic ring is 1. The van der Waals surface area contributed by atoms with E-state index >= 15 is 0 Å². The maximum atomic E-state index is 13.9. The fourth-order valence-corrected chi connectivity index (χ4v) is 2.82. The summed E-state index contributed by atoms with van der Waals surface area (Å²) >= 11 is 0. The number of nitrogens with two attached hydrogens (primary N) is 1. The molecule has 7 heteroatoms. The van der Waals surface area contributed by atoms with E-state index in [0.29, 0.717) is 22.5 Å². The molecule has 3 rings (SSSR count). The van der Waals surface area contributed by atoms with Crippen molar-refractivity contribution in [2.24, 2.45) is 5.92 Å². The molecule has 0 saturated heterocycles. The zero-order valence-electron chi connectivity index (χ0n) is 13.5. The van der Waals surface area contributed by atoms with Gasteiger partial charge in [-0.05, 0) is 30.9 Å². The lowest BCUT2D eigenvalue weighted by Crippen LogP contribution is -2.23. The molecule has 0 bridgehead atoms. The lowest BCUT2D eigenvalue weighted by atomic mass is 10.1. The first kappa shape index (κ1) is 21.0. The van der Waals surface area contributed by atoms with Gasteiger partial charge >= 0.3 is 0 Å². The van der Waals surface area contributed by atoms with Crippen LogP contribution in [0.15, 0.2) is 18.2 Å². The largest absolute Gasteiger partial charge is 0.412 e. The molecule has 0 unspecified atom stereocenters. The second-order valence-corrected chi connectivity index (χ2v) is 5.88. The molecule has 1 aliphatic heterocycles. The van der Waals surface area contributed by atoms with Crippen LogP contribution in [0.25, 0.3) is 10.9 Å². The smallest absolute Gasteiger partial charge is 0.134 e. The van der Waals surface area contributed by atoms with Crippen molar-refractivity contribution in [3.8, 4) is 0 Å².